The van der Waals surface area contributed by atoms with E-state index in [1.54, 1.807) is 12.3 Å². The largest absolute Gasteiger partial charge is 0.336 e. The zero-order chi connectivity index (χ0) is 11.7. The second-order valence-corrected chi connectivity index (χ2v) is 4.70. The van der Waals surface area contributed by atoms with Gasteiger partial charge in [0.25, 0.3) is 5.91 Å². The first-order valence-corrected chi connectivity index (χ1v) is 5.90. The minimum absolute atomic E-state index is 0.00231. The Morgan fingerprint density at radius 2 is 2.38 bits per heavy atom. The molecule has 16 heavy (non-hydrogen) atoms. The van der Waals surface area contributed by atoms with Crippen molar-refractivity contribution in [2.24, 2.45) is 0 Å². The molecule has 0 aliphatic carbocycles. The Kier molecular flexibility index (Phi) is 3.15. The van der Waals surface area contributed by atoms with E-state index in [4.69, 9.17) is 11.6 Å². The fraction of sp³-hybridized carbons (Fsp3) is 0.500. The average molecular weight is 239 g/mol. The van der Waals surface area contributed by atoms with E-state index in [1.165, 1.54) is 0 Å². The molecule has 1 atom stereocenters. The van der Waals surface area contributed by atoms with Crippen LogP contribution in [0.15, 0.2) is 12.3 Å². The summed E-state index contributed by atoms with van der Waals surface area (Å²) in [6.07, 6.45) is 3.72. The number of likely N-dealkylation sites (tertiary alicyclic amines) is 1. The van der Waals surface area contributed by atoms with Crippen LogP contribution in [0.4, 0.5) is 0 Å². The quantitative estimate of drug-likeness (QED) is 0.754. The highest BCUT2D eigenvalue weighted by molar-refractivity contribution is 6.33. The van der Waals surface area contributed by atoms with Gasteiger partial charge < -0.3 is 4.90 Å². The van der Waals surface area contributed by atoms with Gasteiger partial charge in [-0.05, 0) is 32.8 Å². The lowest BCUT2D eigenvalue weighted by Gasteiger charge is -2.21. The highest BCUT2D eigenvalue weighted by Crippen LogP contribution is 2.23. The van der Waals surface area contributed by atoms with Crippen LogP contribution in [-0.4, -0.2) is 28.4 Å². The molecule has 0 spiro atoms. The summed E-state index contributed by atoms with van der Waals surface area (Å²) < 4.78 is 0. The molecule has 1 aromatic heterocycles. The maximum absolute atomic E-state index is 12.2. The lowest BCUT2D eigenvalue weighted by Crippen LogP contribution is -2.33. The summed E-state index contributed by atoms with van der Waals surface area (Å²) >= 11 is 6.06. The molecule has 4 heteroatoms. The van der Waals surface area contributed by atoms with Crippen molar-refractivity contribution in [1.82, 2.24) is 9.88 Å². The highest BCUT2D eigenvalue weighted by Gasteiger charge is 2.27. The first kappa shape index (κ1) is 11.4. The van der Waals surface area contributed by atoms with E-state index in [0.29, 0.717) is 16.6 Å². The number of hydrogen-bond donors (Lipinski definition) is 0. The van der Waals surface area contributed by atoms with Crippen molar-refractivity contribution < 1.29 is 4.79 Å². The molecule has 0 bridgehead atoms. The lowest BCUT2D eigenvalue weighted by atomic mass is 10.2. The molecule has 1 aliphatic rings. The molecule has 1 amide bonds. The topological polar surface area (TPSA) is 33.2 Å². The molecule has 2 heterocycles. The van der Waals surface area contributed by atoms with E-state index in [0.717, 1.165) is 25.1 Å². The summed E-state index contributed by atoms with van der Waals surface area (Å²) in [5.74, 6) is 0.00231. The van der Waals surface area contributed by atoms with Gasteiger partial charge >= 0.3 is 0 Å². The summed E-state index contributed by atoms with van der Waals surface area (Å²) in [6, 6.07) is 2.04. The lowest BCUT2D eigenvalue weighted by molar-refractivity contribution is 0.0747. The number of aromatic nitrogens is 1. The van der Waals surface area contributed by atoms with Crippen LogP contribution in [0.25, 0.3) is 0 Å². The van der Waals surface area contributed by atoms with Crippen LogP contribution in [0.2, 0.25) is 5.02 Å². The second-order valence-electron chi connectivity index (χ2n) is 4.30. The SMILES string of the molecule is Cc1cc(Cl)c(C(=O)N2CCCC2C)cn1. The van der Waals surface area contributed by atoms with E-state index >= 15 is 0 Å². The fourth-order valence-electron chi connectivity index (χ4n) is 2.07. The molecule has 2 rings (SSSR count). The minimum Gasteiger partial charge on any atom is -0.336 e. The third-order valence-corrected chi connectivity index (χ3v) is 3.35. The molecule has 0 saturated carbocycles. The van der Waals surface area contributed by atoms with Crippen LogP contribution >= 0.6 is 11.6 Å². The second kappa shape index (κ2) is 4.42. The Hall–Kier alpha value is -1.09. The van der Waals surface area contributed by atoms with Gasteiger partial charge in [0.05, 0.1) is 10.6 Å². The third kappa shape index (κ3) is 2.05. The number of nitrogens with zero attached hydrogens (tertiary/aromatic N) is 2. The Labute approximate surface area is 100 Å². The summed E-state index contributed by atoms with van der Waals surface area (Å²) in [7, 11) is 0. The minimum atomic E-state index is 0.00231. The number of carbonyl (C=O) groups excluding carboxylic acids is 1. The van der Waals surface area contributed by atoms with Crippen LogP contribution in [-0.2, 0) is 0 Å². The number of amides is 1. The average Bonchev–Trinajstić information content (AvgIpc) is 2.63. The van der Waals surface area contributed by atoms with Gasteiger partial charge in [0.2, 0.25) is 0 Å². The van der Waals surface area contributed by atoms with Gasteiger partial charge in [-0.1, -0.05) is 11.6 Å². The summed E-state index contributed by atoms with van der Waals surface area (Å²) in [6.45, 7) is 4.75. The Morgan fingerprint density at radius 3 is 2.94 bits per heavy atom. The van der Waals surface area contributed by atoms with Crippen molar-refractivity contribution in [1.29, 1.82) is 0 Å². The van der Waals surface area contributed by atoms with Gasteiger partial charge in [0.1, 0.15) is 0 Å². The van der Waals surface area contributed by atoms with Crippen molar-refractivity contribution in [3.05, 3.63) is 28.5 Å². The first-order chi connectivity index (χ1) is 7.59. The van der Waals surface area contributed by atoms with Gasteiger partial charge in [0, 0.05) is 24.5 Å². The monoisotopic (exact) mass is 238 g/mol. The number of halogens is 1. The van der Waals surface area contributed by atoms with Crippen molar-refractivity contribution in [3.63, 3.8) is 0 Å². The van der Waals surface area contributed by atoms with Crippen LogP contribution in [0.3, 0.4) is 0 Å². The molecule has 86 valence electrons. The maximum atomic E-state index is 12.2. The maximum Gasteiger partial charge on any atom is 0.257 e. The van der Waals surface area contributed by atoms with E-state index in [1.807, 2.05) is 11.8 Å². The van der Waals surface area contributed by atoms with E-state index in [2.05, 4.69) is 11.9 Å². The molecule has 1 aliphatic heterocycles. The van der Waals surface area contributed by atoms with Crippen LogP contribution < -0.4 is 0 Å². The molecular formula is C12H15ClN2O. The molecule has 1 unspecified atom stereocenters. The zero-order valence-corrected chi connectivity index (χ0v) is 10.3. The number of hydrogen-bond acceptors (Lipinski definition) is 2. The number of pyridine rings is 1. The molecule has 0 N–H and O–H groups in total. The van der Waals surface area contributed by atoms with E-state index in [-0.39, 0.29) is 5.91 Å². The molecule has 0 aromatic carbocycles. The number of rotatable bonds is 1. The summed E-state index contributed by atoms with van der Waals surface area (Å²) in [5.41, 5.74) is 1.34. The van der Waals surface area contributed by atoms with Gasteiger partial charge in [-0.2, -0.15) is 0 Å². The van der Waals surface area contributed by atoms with Gasteiger partial charge in [-0.15, -0.1) is 0 Å². The van der Waals surface area contributed by atoms with Gasteiger partial charge in [0.15, 0.2) is 0 Å². The first-order valence-electron chi connectivity index (χ1n) is 5.52. The van der Waals surface area contributed by atoms with Gasteiger partial charge in [-0.3, -0.25) is 9.78 Å². The van der Waals surface area contributed by atoms with Crippen LogP contribution in [0.1, 0.15) is 35.8 Å². The molecule has 1 fully saturated rings. The number of carbonyl (C=O) groups is 1. The predicted octanol–water partition coefficient (Wildman–Crippen LogP) is 2.67. The zero-order valence-electron chi connectivity index (χ0n) is 9.53. The fourth-order valence-corrected chi connectivity index (χ4v) is 2.36. The molecule has 3 nitrogen and oxygen atoms in total. The van der Waals surface area contributed by atoms with Crippen molar-refractivity contribution in [3.8, 4) is 0 Å². The molecule has 0 radical (unpaired) electrons. The van der Waals surface area contributed by atoms with E-state index in [9.17, 15) is 4.79 Å². The summed E-state index contributed by atoms with van der Waals surface area (Å²) in [5, 5.41) is 0.497. The standard InChI is InChI=1S/C12H15ClN2O/c1-8-6-11(13)10(7-14-8)12(16)15-5-3-4-9(15)2/h6-7,9H,3-5H2,1-2H3. The van der Waals surface area contributed by atoms with Crippen molar-refractivity contribution in [2.75, 3.05) is 6.54 Å². The van der Waals surface area contributed by atoms with Crippen LogP contribution in [0.5, 0.6) is 0 Å². The van der Waals surface area contributed by atoms with Crippen LogP contribution in [0, 0.1) is 6.92 Å². The molecule has 1 saturated heterocycles. The highest BCUT2D eigenvalue weighted by atomic mass is 35.5. The van der Waals surface area contributed by atoms with Crippen molar-refractivity contribution in [2.45, 2.75) is 32.7 Å². The smallest absolute Gasteiger partial charge is 0.257 e. The Bertz CT molecular complexity index is 419. The molecule has 1 aromatic rings. The Balaban J connectivity index is 2.27. The molecular weight excluding hydrogens is 224 g/mol. The number of aryl methyl sites for hydroxylation is 1. The predicted molar refractivity (Wildman–Crippen MR) is 63.7 cm³/mol. The third-order valence-electron chi connectivity index (χ3n) is 3.03. The normalized spacial score (nSPS) is 20.2. The van der Waals surface area contributed by atoms with E-state index < -0.39 is 0 Å². The Morgan fingerprint density at radius 1 is 1.62 bits per heavy atom. The van der Waals surface area contributed by atoms with Crippen molar-refractivity contribution >= 4 is 17.5 Å². The van der Waals surface area contributed by atoms with Gasteiger partial charge in [-0.25, -0.2) is 0 Å². The summed E-state index contributed by atoms with van der Waals surface area (Å²) in [4.78, 5) is 18.2.